The number of benzene rings is 2. The van der Waals surface area contributed by atoms with E-state index in [2.05, 4.69) is 10.2 Å². The number of anilines is 1. The topological polar surface area (TPSA) is 50.8 Å². The van der Waals surface area contributed by atoms with E-state index in [0.717, 1.165) is 17.0 Å². The molecular weight excluding hydrogens is 340 g/mol. The molecule has 134 valence electrons. The fourth-order valence-corrected chi connectivity index (χ4v) is 2.54. The predicted octanol–water partition coefficient (Wildman–Crippen LogP) is 3.67. The molecule has 2 aromatic rings. The molecule has 0 aliphatic rings. The molecular formula is C19H23ClN2O3. The van der Waals surface area contributed by atoms with Crippen LogP contribution in [0.2, 0.25) is 0 Å². The summed E-state index contributed by atoms with van der Waals surface area (Å²) in [6, 6.07) is 17.3. The maximum absolute atomic E-state index is 11.8. The number of amides is 1. The standard InChI is InChI=1S/C19H23ClN2O3/c1-24-18-9-7-17(8-10-18)22(13-11-20)14-12-21-19(23)25-15-16-5-3-2-4-6-16/h2-10H,11-15H2,1H3,(H,21,23). The number of rotatable bonds is 9. The lowest BCUT2D eigenvalue weighted by Gasteiger charge is -2.24. The van der Waals surface area contributed by atoms with Crippen LogP contribution in [0.25, 0.3) is 0 Å². The summed E-state index contributed by atoms with van der Waals surface area (Å²) in [5.41, 5.74) is 1.99. The van der Waals surface area contributed by atoms with Crippen molar-refractivity contribution < 1.29 is 14.3 Å². The van der Waals surface area contributed by atoms with Gasteiger partial charge in [0.15, 0.2) is 0 Å². The molecule has 6 heteroatoms. The van der Waals surface area contributed by atoms with E-state index in [0.29, 0.717) is 25.5 Å². The quantitative estimate of drug-likeness (QED) is 0.691. The molecule has 0 aliphatic carbocycles. The normalized spacial score (nSPS) is 10.2. The maximum atomic E-state index is 11.8. The summed E-state index contributed by atoms with van der Waals surface area (Å²) >= 11 is 5.89. The first kappa shape index (κ1) is 18.9. The lowest BCUT2D eigenvalue weighted by Crippen LogP contribution is -2.36. The van der Waals surface area contributed by atoms with Gasteiger partial charge in [-0.3, -0.25) is 0 Å². The van der Waals surface area contributed by atoms with E-state index in [9.17, 15) is 4.79 Å². The van der Waals surface area contributed by atoms with E-state index < -0.39 is 6.09 Å². The van der Waals surface area contributed by atoms with Crippen molar-refractivity contribution in [2.24, 2.45) is 0 Å². The summed E-state index contributed by atoms with van der Waals surface area (Å²) in [4.78, 5) is 13.9. The fourth-order valence-electron chi connectivity index (χ4n) is 2.33. The molecule has 0 aromatic heterocycles. The molecule has 1 amide bonds. The zero-order chi connectivity index (χ0) is 17.9. The van der Waals surface area contributed by atoms with Crippen molar-refractivity contribution in [3.63, 3.8) is 0 Å². The first-order valence-electron chi connectivity index (χ1n) is 8.12. The van der Waals surface area contributed by atoms with E-state index >= 15 is 0 Å². The molecule has 0 saturated carbocycles. The van der Waals surface area contributed by atoms with E-state index in [4.69, 9.17) is 21.1 Å². The number of hydrogen-bond donors (Lipinski definition) is 1. The number of alkyl halides is 1. The second-order valence-electron chi connectivity index (χ2n) is 5.36. The van der Waals surface area contributed by atoms with Crippen LogP contribution in [0.4, 0.5) is 10.5 Å². The summed E-state index contributed by atoms with van der Waals surface area (Å²) < 4.78 is 10.4. The largest absolute Gasteiger partial charge is 0.497 e. The average molecular weight is 363 g/mol. The third kappa shape index (κ3) is 6.55. The van der Waals surface area contributed by atoms with Gasteiger partial charge in [0.2, 0.25) is 0 Å². The van der Waals surface area contributed by atoms with Gasteiger partial charge in [0.05, 0.1) is 7.11 Å². The summed E-state index contributed by atoms with van der Waals surface area (Å²) in [5.74, 6) is 1.31. The summed E-state index contributed by atoms with van der Waals surface area (Å²) in [6.07, 6.45) is -0.426. The number of nitrogens with one attached hydrogen (secondary N) is 1. The third-order valence-corrected chi connectivity index (χ3v) is 3.82. The van der Waals surface area contributed by atoms with Crippen LogP contribution in [0.15, 0.2) is 54.6 Å². The van der Waals surface area contributed by atoms with E-state index in [-0.39, 0.29) is 6.61 Å². The number of methoxy groups -OCH3 is 1. The summed E-state index contributed by atoms with van der Waals surface area (Å²) in [5, 5.41) is 2.76. The van der Waals surface area contributed by atoms with Crippen molar-refractivity contribution in [3.05, 3.63) is 60.2 Å². The molecule has 2 rings (SSSR count). The molecule has 5 nitrogen and oxygen atoms in total. The van der Waals surface area contributed by atoms with Gasteiger partial charge >= 0.3 is 6.09 Å². The molecule has 0 radical (unpaired) electrons. The van der Waals surface area contributed by atoms with Crippen LogP contribution < -0.4 is 15.0 Å². The predicted molar refractivity (Wildman–Crippen MR) is 101 cm³/mol. The minimum Gasteiger partial charge on any atom is -0.497 e. The molecule has 25 heavy (non-hydrogen) atoms. The summed E-state index contributed by atoms with van der Waals surface area (Å²) in [6.45, 7) is 2.06. The lowest BCUT2D eigenvalue weighted by atomic mass is 10.2. The number of nitrogens with zero attached hydrogens (tertiary/aromatic N) is 1. The second kappa shape index (κ2) is 10.5. The second-order valence-corrected chi connectivity index (χ2v) is 5.74. The van der Waals surface area contributed by atoms with Crippen molar-refractivity contribution >= 4 is 23.4 Å². The molecule has 0 heterocycles. The highest BCUT2D eigenvalue weighted by molar-refractivity contribution is 6.18. The number of carbonyl (C=O) groups is 1. The SMILES string of the molecule is COc1ccc(N(CCCl)CCNC(=O)OCc2ccccc2)cc1. The van der Waals surface area contributed by atoms with Crippen LogP contribution in [-0.2, 0) is 11.3 Å². The number of carbonyl (C=O) groups excluding carboxylic acids is 1. The highest BCUT2D eigenvalue weighted by atomic mass is 35.5. The Morgan fingerprint density at radius 2 is 1.80 bits per heavy atom. The van der Waals surface area contributed by atoms with Crippen molar-refractivity contribution in [1.29, 1.82) is 0 Å². The number of ether oxygens (including phenoxy) is 2. The maximum Gasteiger partial charge on any atom is 0.407 e. The van der Waals surface area contributed by atoms with Gasteiger partial charge in [0, 0.05) is 31.2 Å². The number of alkyl carbamates (subject to hydrolysis) is 1. The van der Waals surface area contributed by atoms with Gasteiger partial charge in [-0.05, 0) is 29.8 Å². The molecule has 1 N–H and O–H groups in total. The van der Waals surface area contributed by atoms with Gasteiger partial charge in [0.1, 0.15) is 12.4 Å². The van der Waals surface area contributed by atoms with Gasteiger partial charge in [-0.25, -0.2) is 4.79 Å². The Hall–Kier alpha value is -2.40. The first-order chi connectivity index (χ1) is 12.2. The molecule has 0 atom stereocenters. The van der Waals surface area contributed by atoms with E-state index in [1.165, 1.54) is 0 Å². The van der Waals surface area contributed by atoms with Gasteiger partial charge in [0.25, 0.3) is 0 Å². The highest BCUT2D eigenvalue weighted by Crippen LogP contribution is 2.18. The minimum absolute atomic E-state index is 0.260. The highest BCUT2D eigenvalue weighted by Gasteiger charge is 2.08. The van der Waals surface area contributed by atoms with Gasteiger partial charge in [-0.2, -0.15) is 0 Å². The van der Waals surface area contributed by atoms with Gasteiger partial charge in [-0.1, -0.05) is 30.3 Å². The van der Waals surface area contributed by atoms with Crippen LogP contribution >= 0.6 is 11.6 Å². The molecule has 0 unspecified atom stereocenters. The third-order valence-electron chi connectivity index (χ3n) is 3.66. The smallest absolute Gasteiger partial charge is 0.407 e. The monoisotopic (exact) mass is 362 g/mol. The average Bonchev–Trinajstić information content (AvgIpc) is 2.66. The Kier molecular flexibility index (Phi) is 7.92. The number of hydrogen-bond acceptors (Lipinski definition) is 4. The van der Waals surface area contributed by atoms with Crippen molar-refractivity contribution in [1.82, 2.24) is 5.32 Å². The van der Waals surface area contributed by atoms with Crippen molar-refractivity contribution in [3.8, 4) is 5.75 Å². The Labute approximate surface area is 153 Å². The number of halogens is 1. The zero-order valence-electron chi connectivity index (χ0n) is 14.3. The van der Waals surface area contributed by atoms with Crippen molar-refractivity contribution in [2.75, 3.05) is 37.5 Å². The molecule has 0 fully saturated rings. The van der Waals surface area contributed by atoms with Crippen LogP contribution in [0.5, 0.6) is 5.75 Å². The molecule has 2 aromatic carbocycles. The van der Waals surface area contributed by atoms with E-state index in [1.807, 2.05) is 54.6 Å². The molecule has 0 spiro atoms. The Balaban J connectivity index is 1.77. The molecule has 0 aliphatic heterocycles. The van der Waals surface area contributed by atoms with Crippen LogP contribution in [0.3, 0.4) is 0 Å². The molecule has 0 saturated heterocycles. The summed E-state index contributed by atoms with van der Waals surface area (Å²) in [7, 11) is 1.64. The van der Waals surface area contributed by atoms with Gasteiger partial charge in [-0.15, -0.1) is 11.6 Å². The Morgan fingerprint density at radius 1 is 1.08 bits per heavy atom. The van der Waals surface area contributed by atoms with Crippen LogP contribution in [0.1, 0.15) is 5.56 Å². The van der Waals surface area contributed by atoms with Crippen LogP contribution in [0, 0.1) is 0 Å². The van der Waals surface area contributed by atoms with Gasteiger partial charge < -0.3 is 19.7 Å². The minimum atomic E-state index is -0.426. The first-order valence-corrected chi connectivity index (χ1v) is 8.66. The van der Waals surface area contributed by atoms with Crippen molar-refractivity contribution in [2.45, 2.75) is 6.61 Å². The fraction of sp³-hybridized carbons (Fsp3) is 0.316. The molecule has 0 bridgehead atoms. The Bertz CT molecular complexity index is 635. The zero-order valence-corrected chi connectivity index (χ0v) is 15.0. The van der Waals surface area contributed by atoms with E-state index in [1.54, 1.807) is 7.11 Å². The van der Waals surface area contributed by atoms with Crippen LogP contribution in [-0.4, -0.2) is 38.7 Å². The lowest BCUT2D eigenvalue weighted by molar-refractivity contribution is 0.140. The Morgan fingerprint density at radius 3 is 2.44 bits per heavy atom.